The molecule has 3 rings (SSSR count). The molecule has 0 amide bonds. The fraction of sp³-hybridized carbons (Fsp3) is 0.500. The van der Waals surface area contributed by atoms with Gasteiger partial charge in [-0.3, -0.25) is 4.79 Å². The van der Waals surface area contributed by atoms with E-state index in [1.54, 1.807) is 5.57 Å². The van der Waals surface area contributed by atoms with Crippen LogP contribution in [0.1, 0.15) is 19.3 Å². The summed E-state index contributed by atoms with van der Waals surface area (Å²) in [6, 6.07) is 0. The minimum Gasteiger partial charge on any atom is -0.294 e. The van der Waals surface area contributed by atoms with Gasteiger partial charge in [-0.25, -0.2) is 0 Å². The van der Waals surface area contributed by atoms with Crippen molar-refractivity contribution >= 4 is 5.78 Å². The van der Waals surface area contributed by atoms with Gasteiger partial charge in [0.25, 0.3) is 0 Å². The van der Waals surface area contributed by atoms with Crippen LogP contribution in [0.15, 0.2) is 23.3 Å². The summed E-state index contributed by atoms with van der Waals surface area (Å²) in [6.07, 6.45) is 7.57. The van der Waals surface area contributed by atoms with Crippen molar-refractivity contribution in [2.24, 2.45) is 11.8 Å². The van der Waals surface area contributed by atoms with Crippen LogP contribution in [0.5, 0.6) is 0 Å². The van der Waals surface area contributed by atoms with Gasteiger partial charge in [0.1, 0.15) is 0 Å². The molecular weight excluding hydrogens is 136 g/mol. The molecule has 0 aliphatic heterocycles. The molecule has 0 N–H and O–H groups in total. The van der Waals surface area contributed by atoms with Crippen molar-refractivity contribution in [1.29, 1.82) is 0 Å². The van der Waals surface area contributed by atoms with E-state index in [2.05, 4.69) is 6.08 Å². The summed E-state index contributed by atoms with van der Waals surface area (Å²) in [5.41, 5.74) is 2.97. The van der Waals surface area contributed by atoms with Gasteiger partial charge in [-0.05, 0) is 25.3 Å². The van der Waals surface area contributed by atoms with Crippen LogP contribution in [-0.2, 0) is 4.79 Å². The second-order valence-electron chi connectivity index (χ2n) is 3.72. The minimum absolute atomic E-state index is 0.336. The van der Waals surface area contributed by atoms with Gasteiger partial charge in [-0.15, -0.1) is 0 Å². The molecule has 0 heterocycles. The summed E-state index contributed by atoms with van der Waals surface area (Å²) in [7, 11) is 0. The molecule has 3 aliphatic carbocycles. The first-order valence-electron chi connectivity index (χ1n) is 4.29. The average Bonchev–Trinajstić information content (AvgIpc) is 2.53. The Labute approximate surface area is 65.8 Å². The standard InChI is InChI=1S/C10H10O/c11-9-5-7-2-1-6-3-4-8(9)10(6)7/h3,5,8,10H,1-2,4H2/t8-,10+/m0/s1. The van der Waals surface area contributed by atoms with E-state index in [9.17, 15) is 4.79 Å². The first-order chi connectivity index (χ1) is 5.36. The summed E-state index contributed by atoms with van der Waals surface area (Å²) in [4.78, 5) is 11.3. The molecular formula is C10H10O. The Morgan fingerprint density at radius 3 is 3.00 bits per heavy atom. The minimum atomic E-state index is 0.336. The predicted octanol–water partition coefficient (Wildman–Crippen LogP) is 1.85. The van der Waals surface area contributed by atoms with Crippen molar-refractivity contribution in [1.82, 2.24) is 0 Å². The highest BCUT2D eigenvalue weighted by atomic mass is 16.1. The zero-order valence-electron chi connectivity index (χ0n) is 6.34. The number of carbonyl (C=O) groups is 1. The lowest BCUT2D eigenvalue weighted by Gasteiger charge is -2.07. The van der Waals surface area contributed by atoms with E-state index in [0.717, 1.165) is 12.8 Å². The Morgan fingerprint density at radius 1 is 1.27 bits per heavy atom. The third-order valence-electron chi connectivity index (χ3n) is 3.23. The zero-order chi connectivity index (χ0) is 7.42. The fourth-order valence-corrected chi connectivity index (χ4v) is 2.73. The molecule has 0 unspecified atom stereocenters. The summed E-state index contributed by atoms with van der Waals surface area (Å²) in [6.45, 7) is 0. The van der Waals surface area contributed by atoms with Gasteiger partial charge in [-0.1, -0.05) is 17.2 Å². The Balaban J connectivity index is 2.16. The van der Waals surface area contributed by atoms with Gasteiger partial charge in [0.2, 0.25) is 0 Å². The number of hydrogen-bond donors (Lipinski definition) is 0. The molecule has 3 aliphatic rings. The Kier molecular flexibility index (Phi) is 0.867. The summed E-state index contributed by atoms with van der Waals surface area (Å²) in [5, 5.41) is 0. The van der Waals surface area contributed by atoms with Crippen LogP contribution >= 0.6 is 0 Å². The highest BCUT2D eigenvalue weighted by molar-refractivity contribution is 5.97. The molecule has 0 saturated heterocycles. The van der Waals surface area contributed by atoms with E-state index in [4.69, 9.17) is 0 Å². The lowest BCUT2D eigenvalue weighted by Crippen LogP contribution is -2.10. The largest absolute Gasteiger partial charge is 0.294 e. The Hall–Kier alpha value is -0.850. The maximum Gasteiger partial charge on any atom is 0.159 e. The van der Waals surface area contributed by atoms with E-state index >= 15 is 0 Å². The third-order valence-corrected chi connectivity index (χ3v) is 3.23. The normalized spacial score (nSPS) is 39.1. The summed E-state index contributed by atoms with van der Waals surface area (Å²) < 4.78 is 0. The summed E-state index contributed by atoms with van der Waals surface area (Å²) in [5.74, 6) is 1.29. The molecule has 1 fully saturated rings. The average molecular weight is 146 g/mol. The van der Waals surface area contributed by atoms with E-state index in [1.165, 1.54) is 12.0 Å². The second-order valence-corrected chi connectivity index (χ2v) is 3.72. The predicted molar refractivity (Wildman–Crippen MR) is 42.0 cm³/mol. The quantitative estimate of drug-likeness (QED) is 0.477. The molecule has 11 heavy (non-hydrogen) atoms. The molecule has 2 atom stereocenters. The van der Waals surface area contributed by atoms with Gasteiger partial charge in [-0.2, -0.15) is 0 Å². The first kappa shape index (κ1) is 5.76. The Bertz CT molecular complexity index is 296. The maximum atomic E-state index is 11.3. The molecule has 0 spiro atoms. The Morgan fingerprint density at radius 2 is 2.09 bits per heavy atom. The molecule has 0 aromatic heterocycles. The van der Waals surface area contributed by atoms with Crippen LogP contribution in [0, 0.1) is 11.8 Å². The van der Waals surface area contributed by atoms with Crippen molar-refractivity contribution in [2.75, 3.05) is 0 Å². The van der Waals surface area contributed by atoms with Crippen molar-refractivity contribution in [3.05, 3.63) is 23.3 Å². The van der Waals surface area contributed by atoms with Crippen molar-refractivity contribution < 1.29 is 4.79 Å². The summed E-state index contributed by atoms with van der Waals surface area (Å²) >= 11 is 0. The number of hydrogen-bond acceptors (Lipinski definition) is 1. The number of allylic oxidation sites excluding steroid dienone is 4. The van der Waals surface area contributed by atoms with Gasteiger partial charge >= 0.3 is 0 Å². The van der Waals surface area contributed by atoms with E-state index in [1.807, 2.05) is 6.08 Å². The maximum absolute atomic E-state index is 11.3. The van der Waals surface area contributed by atoms with E-state index < -0.39 is 0 Å². The van der Waals surface area contributed by atoms with E-state index in [0.29, 0.717) is 17.6 Å². The highest BCUT2D eigenvalue weighted by Gasteiger charge is 2.43. The molecule has 0 radical (unpaired) electrons. The highest BCUT2D eigenvalue weighted by Crippen LogP contribution is 2.50. The van der Waals surface area contributed by atoms with Crippen LogP contribution in [0.25, 0.3) is 0 Å². The van der Waals surface area contributed by atoms with Crippen LogP contribution in [-0.4, -0.2) is 5.78 Å². The molecule has 1 saturated carbocycles. The van der Waals surface area contributed by atoms with Crippen LogP contribution in [0.2, 0.25) is 0 Å². The molecule has 0 aromatic rings. The molecule has 1 heteroatoms. The van der Waals surface area contributed by atoms with Crippen LogP contribution < -0.4 is 0 Å². The van der Waals surface area contributed by atoms with Gasteiger partial charge < -0.3 is 0 Å². The zero-order valence-corrected chi connectivity index (χ0v) is 6.34. The third kappa shape index (κ3) is 0.550. The van der Waals surface area contributed by atoms with Gasteiger partial charge in [0.15, 0.2) is 5.78 Å². The number of ketones is 1. The van der Waals surface area contributed by atoms with E-state index in [-0.39, 0.29) is 0 Å². The lowest BCUT2D eigenvalue weighted by atomic mass is 9.94. The van der Waals surface area contributed by atoms with Crippen molar-refractivity contribution in [2.45, 2.75) is 19.3 Å². The fourth-order valence-electron chi connectivity index (χ4n) is 2.73. The SMILES string of the molecule is O=C1C=C2CCC3=CC[C@@H]1[C@H]32. The first-order valence-corrected chi connectivity index (χ1v) is 4.29. The molecule has 0 aromatic carbocycles. The number of carbonyl (C=O) groups excluding carboxylic acids is 1. The topological polar surface area (TPSA) is 17.1 Å². The van der Waals surface area contributed by atoms with Crippen molar-refractivity contribution in [3.63, 3.8) is 0 Å². The molecule has 56 valence electrons. The second kappa shape index (κ2) is 1.66. The lowest BCUT2D eigenvalue weighted by molar-refractivity contribution is -0.117. The van der Waals surface area contributed by atoms with Gasteiger partial charge in [0, 0.05) is 11.8 Å². The number of rotatable bonds is 0. The van der Waals surface area contributed by atoms with Crippen LogP contribution in [0.3, 0.4) is 0 Å². The van der Waals surface area contributed by atoms with Gasteiger partial charge in [0.05, 0.1) is 0 Å². The smallest absolute Gasteiger partial charge is 0.159 e. The monoisotopic (exact) mass is 146 g/mol. The molecule has 1 nitrogen and oxygen atoms in total. The van der Waals surface area contributed by atoms with Crippen molar-refractivity contribution in [3.8, 4) is 0 Å². The van der Waals surface area contributed by atoms with Crippen LogP contribution in [0.4, 0.5) is 0 Å². The molecule has 0 bridgehead atoms.